The predicted molar refractivity (Wildman–Crippen MR) is 104 cm³/mol. The average Bonchev–Trinajstić information content (AvgIpc) is 3.32. The van der Waals surface area contributed by atoms with Gasteiger partial charge >= 0.3 is 0 Å². The van der Waals surface area contributed by atoms with Gasteiger partial charge in [-0.15, -0.1) is 0 Å². The van der Waals surface area contributed by atoms with Crippen molar-refractivity contribution in [3.63, 3.8) is 0 Å². The molecule has 3 aromatic rings. The van der Waals surface area contributed by atoms with Crippen molar-refractivity contribution in [1.29, 1.82) is 0 Å². The molecule has 1 aliphatic rings. The second kappa shape index (κ2) is 7.04. The van der Waals surface area contributed by atoms with E-state index in [1.54, 1.807) is 6.07 Å². The number of hydrogen-bond acceptors (Lipinski definition) is 3. The zero-order valence-electron chi connectivity index (χ0n) is 14.8. The highest BCUT2D eigenvalue weighted by molar-refractivity contribution is 6.03. The Kier molecular flexibility index (Phi) is 4.44. The maximum atomic E-state index is 12.5. The number of hydrogen-bond donors (Lipinski definition) is 2. The van der Waals surface area contributed by atoms with Crippen molar-refractivity contribution in [2.24, 2.45) is 5.92 Å². The highest BCUT2D eigenvalue weighted by Crippen LogP contribution is 2.25. The molecule has 1 amide bonds. The van der Waals surface area contributed by atoms with Crippen molar-refractivity contribution in [3.8, 4) is 11.3 Å². The average molecular weight is 346 g/mol. The van der Waals surface area contributed by atoms with Gasteiger partial charge in [-0.1, -0.05) is 37.3 Å². The van der Waals surface area contributed by atoms with Gasteiger partial charge in [0.1, 0.15) is 5.69 Å². The van der Waals surface area contributed by atoms with Crippen molar-refractivity contribution < 1.29 is 4.79 Å². The van der Waals surface area contributed by atoms with Crippen LogP contribution >= 0.6 is 0 Å². The number of aromatic nitrogens is 2. The summed E-state index contributed by atoms with van der Waals surface area (Å²) in [6.45, 7) is 4.48. The normalized spacial score (nSPS) is 16.7. The zero-order valence-corrected chi connectivity index (χ0v) is 14.8. The Bertz CT molecular complexity index is 886. The molecule has 4 rings (SSSR count). The Balaban J connectivity index is 1.43. The Hall–Kier alpha value is -3.08. The molecule has 132 valence electrons. The van der Waals surface area contributed by atoms with E-state index in [1.165, 1.54) is 12.1 Å². The maximum Gasteiger partial charge on any atom is 0.273 e. The van der Waals surface area contributed by atoms with Crippen molar-refractivity contribution in [1.82, 2.24) is 10.2 Å². The van der Waals surface area contributed by atoms with Crippen LogP contribution in [0.25, 0.3) is 11.3 Å². The fourth-order valence-corrected chi connectivity index (χ4v) is 3.32. The number of aromatic amines is 1. The Morgan fingerprint density at radius 2 is 1.92 bits per heavy atom. The molecule has 5 heteroatoms. The first-order valence-corrected chi connectivity index (χ1v) is 8.96. The van der Waals surface area contributed by atoms with E-state index in [-0.39, 0.29) is 5.91 Å². The summed E-state index contributed by atoms with van der Waals surface area (Å²) in [6.07, 6.45) is 1.24. The first-order valence-electron chi connectivity index (χ1n) is 8.96. The summed E-state index contributed by atoms with van der Waals surface area (Å²) in [5, 5.41) is 9.97. The molecule has 1 unspecified atom stereocenters. The second-order valence-corrected chi connectivity index (χ2v) is 6.87. The lowest BCUT2D eigenvalue weighted by Crippen LogP contribution is -2.19. The third kappa shape index (κ3) is 3.47. The number of nitrogens with zero attached hydrogens (tertiary/aromatic N) is 2. The number of carbonyl (C=O) groups is 1. The minimum Gasteiger partial charge on any atom is -0.371 e. The van der Waals surface area contributed by atoms with E-state index >= 15 is 0 Å². The number of amides is 1. The van der Waals surface area contributed by atoms with Gasteiger partial charge in [0.15, 0.2) is 0 Å². The van der Waals surface area contributed by atoms with Gasteiger partial charge in [0, 0.05) is 30.0 Å². The van der Waals surface area contributed by atoms with Gasteiger partial charge in [-0.3, -0.25) is 9.89 Å². The molecule has 1 aliphatic heterocycles. The van der Waals surface area contributed by atoms with Gasteiger partial charge in [-0.25, -0.2) is 0 Å². The van der Waals surface area contributed by atoms with Crippen molar-refractivity contribution in [3.05, 3.63) is 66.4 Å². The Labute approximate surface area is 153 Å². The second-order valence-electron chi connectivity index (χ2n) is 6.87. The van der Waals surface area contributed by atoms with E-state index in [1.807, 2.05) is 42.5 Å². The van der Waals surface area contributed by atoms with Crippen LogP contribution in [0, 0.1) is 5.92 Å². The predicted octanol–water partition coefficient (Wildman–Crippen LogP) is 4.18. The molecular weight excluding hydrogens is 324 g/mol. The molecule has 2 aromatic carbocycles. The molecule has 1 saturated heterocycles. The fourth-order valence-electron chi connectivity index (χ4n) is 3.32. The largest absolute Gasteiger partial charge is 0.371 e. The van der Waals surface area contributed by atoms with Crippen molar-refractivity contribution in [2.45, 2.75) is 13.3 Å². The van der Waals surface area contributed by atoms with E-state index in [4.69, 9.17) is 0 Å². The van der Waals surface area contributed by atoms with Crippen LogP contribution in [0.4, 0.5) is 11.4 Å². The third-order valence-electron chi connectivity index (χ3n) is 4.81. The van der Waals surface area contributed by atoms with Crippen LogP contribution < -0.4 is 10.2 Å². The third-order valence-corrected chi connectivity index (χ3v) is 4.81. The van der Waals surface area contributed by atoms with Gasteiger partial charge in [0.05, 0.1) is 5.69 Å². The van der Waals surface area contributed by atoms with Gasteiger partial charge in [0.2, 0.25) is 0 Å². The molecule has 1 atom stereocenters. The summed E-state index contributed by atoms with van der Waals surface area (Å²) in [4.78, 5) is 14.8. The number of nitrogens with one attached hydrogen (secondary N) is 2. The number of H-pyrrole nitrogens is 1. The summed E-state index contributed by atoms with van der Waals surface area (Å²) in [6, 6.07) is 19.6. The molecule has 2 N–H and O–H groups in total. The zero-order chi connectivity index (χ0) is 17.9. The van der Waals surface area contributed by atoms with E-state index in [0.29, 0.717) is 5.69 Å². The van der Waals surface area contributed by atoms with Gasteiger partial charge in [-0.2, -0.15) is 5.10 Å². The molecule has 0 bridgehead atoms. The molecule has 0 aliphatic carbocycles. The summed E-state index contributed by atoms with van der Waals surface area (Å²) in [5.41, 5.74) is 4.17. The van der Waals surface area contributed by atoms with Gasteiger partial charge in [-0.05, 0) is 42.7 Å². The lowest BCUT2D eigenvalue weighted by atomic mass is 10.1. The molecule has 2 heterocycles. The Morgan fingerprint density at radius 3 is 2.62 bits per heavy atom. The van der Waals surface area contributed by atoms with E-state index in [2.05, 4.69) is 39.5 Å². The van der Waals surface area contributed by atoms with Crippen molar-refractivity contribution >= 4 is 17.3 Å². The molecule has 0 spiro atoms. The number of carbonyl (C=O) groups excluding carboxylic acids is 1. The lowest BCUT2D eigenvalue weighted by Gasteiger charge is -2.18. The SMILES string of the molecule is CC1CCN(c2ccc(NC(=O)c3cc(-c4ccccc4)n[nH]3)cc2)C1. The smallest absolute Gasteiger partial charge is 0.273 e. The molecule has 26 heavy (non-hydrogen) atoms. The summed E-state index contributed by atoms with van der Waals surface area (Å²) >= 11 is 0. The monoisotopic (exact) mass is 346 g/mol. The van der Waals surface area contributed by atoms with Crippen LogP contribution in [0.5, 0.6) is 0 Å². The van der Waals surface area contributed by atoms with Crippen LogP contribution in [-0.4, -0.2) is 29.2 Å². The number of rotatable bonds is 4. The lowest BCUT2D eigenvalue weighted by molar-refractivity contribution is 0.102. The van der Waals surface area contributed by atoms with Crippen LogP contribution in [0.3, 0.4) is 0 Å². The van der Waals surface area contributed by atoms with Crippen LogP contribution in [0.15, 0.2) is 60.7 Å². The van der Waals surface area contributed by atoms with E-state index in [0.717, 1.165) is 36.0 Å². The first-order chi connectivity index (χ1) is 12.7. The summed E-state index contributed by atoms with van der Waals surface area (Å²) < 4.78 is 0. The standard InChI is InChI=1S/C21H22N4O/c1-15-11-12-25(14-15)18-9-7-17(8-10-18)22-21(26)20-13-19(23-24-20)16-5-3-2-4-6-16/h2-10,13,15H,11-12,14H2,1H3,(H,22,26)(H,23,24). The van der Waals surface area contributed by atoms with E-state index < -0.39 is 0 Å². The van der Waals surface area contributed by atoms with Gasteiger partial charge < -0.3 is 10.2 Å². The molecular formula is C21H22N4O. The molecule has 0 saturated carbocycles. The quantitative estimate of drug-likeness (QED) is 0.745. The molecule has 0 radical (unpaired) electrons. The minimum atomic E-state index is -0.192. The van der Waals surface area contributed by atoms with Crippen LogP contribution in [0.2, 0.25) is 0 Å². The summed E-state index contributed by atoms with van der Waals surface area (Å²) in [5.74, 6) is 0.552. The summed E-state index contributed by atoms with van der Waals surface area (Å²) in [7, 11) is 0. The maximum absolute atomic E-state index is 12.5. The van der Waals surface area contributed by atoms with Gasteiger partial charge in [0.25, 0.3) is 5.91 Å². The highest BCUT2D eigenvalue weighted by Gasteiger charge is 2.18. The number of benzene rings is 2. The Morgan fingerprint density at radius 1 is 1.15 bits per heavy atom. The topological polar surface area (TPSA) is 61.0 Å². The highest BCUT2D eigenvalue weighted by atomic mass is 16.1. The molecule has 1 fully saturated rings. The van der Waals surface area contributed by atoms with Crippen molar-refractivity contribution in [2.75, 3.05) is 23.3 Å². The molecule has 5 nitrogen and oxygen atoms in total. The van der Waals surface area contributed by atoms with E-state index in [9.17, 15) is 4.79 Å². The van der Waals surface area contributed by atoms with Crippen LogP contribution in [-0.2, 0) is 0 Å². The minimum absolute atomic E-state index is 0.192. The van der Waals surface area contributed by atoms with Crippen LogP contribution in [0.1, 0.15) is 23.8 Å². The number of anilines is 2. The molecule has 1 aromatic heterocycles. The first kappa shape index (κ1) is 16.4. The fraction of sp³-hybridized carbons (Fsp3) is 0.238.